The third-order valence-corrected chi connectivity index (χ3v) is 3.67. The predicted octanol–water partition coefficient (Wildman–Crippen LogP) is 3.48. The molecule has 3 unspecified atom stereocenters. The molecular weight excluding hydrogens is 219 g/mol. The minimum atomic E-state index is -0.255. The second kappa shape index (κ2) is 3.73. The quantitative estimate of drug-likeness (QED) is 0.826. The smallest absolute Gasteiger partial charge is 0.0627 e. The van der Waals surface area contributed by atoms with Crippen molar-refractivity contribution in [1.82, 2.24) is 0 Å². The van der Waals surface area contributed by atoms with E-state index in [0.717, 1.165) is 12.0 Å². The first-order valence-electron chi connectivity index (χ1n) is 4.73. The van der Waals surface area contributed by atoms with Crippen LogP contribution in [0.25, 0.3) is 0 Å². The Morgan fingerprint density at radius 1 is 1.43 bits per heavy atom. The van der Waals surface area contributed by atoms with Crippen molar-refractivity contribution in [2.24, 2.45) is 5.92 Å². The van der Waals surface area contributed by atoms with Gasteiger partial charge in [-0.15, -0.1) is 0 Å². The molecule has 3 heteroatoms. The number of aliphatic hydroxyl groups is 1. The van der Waals surface area contributed by atoms with E-state index >= 15 is 0 Å². The maximum absolute atomic E-state index is 9.41. The van der Waals surface area contributed by atoms with Gasteiger partial charge in [-0.3, -0.25) is 0 Å². The van der Waals surface area contributed by atoms with Crippen LogP contribution in [0.15, 0.2) is 18.2 Å². The first-order chi connectivity index (χ1) is 6.61. The molecule has 0 heterocycles. The van der Waals surface area contributed by atoms with Gasteiger partial charge in [0.1, 0.15) is 0 Å². The molecule has 1 N–H and O–H groups in total. The minimum Gasteiger partial charge on any atom is -0.393 e. The zero-order chi connectivity index (χ0) is 10.3. The maximum Gasteiger partial charge on any atom is 0.0627 e. The van der Waals surface area contributed by atoms with Crippen molar-refractivity contribution < 1.29 is 5.11 Å². The summed E-state index contributed by atoms with van der Waals surface area (Å²) in [5.41, 5.74) is 1.07. The van der Waals surface area contributed by atoms with Crippen LogP contribution in [-0.4, -0.2) is 11.2 Å². The Kier molecular flexibility index (Phi) is 2.74. The van der Waals surface area contributed by atoms with E-state index in [1.165, 1.54) is 0 Å². The molecule has 0 aliphatic heterocycles. The Bertz CT molecular complexity index is 349. The lowest BCUT2D eigenvalue weighted by Gasteiger charge is -2.06. The average molecular weight is 231 g/mol. The molecule has 0 bridgehead atoms. The second-order valence-corrected chi connectivity index (χ2v) is 4.67. The van der Waals surface area contributed by atoms with Crippen LogP contribution in [-0.2, 0) is 0 Å². The molecule has 1 saturated carbocycles. The summed E-state index contributed by atoms with van der Waals surface area (Å²) in [5.74, 6) is 0.743. The van der Waals surface area contributed by atoms with Crippen LogP contribution in [0.3, 0.4) is 0 Å². The molecule has 3 atom stereocenters. The number of rotatable bonds is 2. The monoisotopic (exact) mass is 230 g/mol. The fraction of sp³-hybridized carbons (Fsp3) is 0.455. The SMILES string of the molecule is CC(O)C1CC1c1cccc(Cl)c1Cl. The highest BCUT2D eigenvalue weighted by molar-refractivity contribution is 6.42. The zero-order valence-corrected chi connectivity index (χ0v) is 9.39. The second-order valence-electron chi connectivity index (χ2n) is 3.89. The first-order valence-corrected chi connectivity index (χ1v) is 5.49. The van der Waals surface area contributed by atoms with Gasteiger partial charge in [0.15, 0.2) is 0 Å². The molecule has 0 amide bonds. The van der Waals surface area contributed by atoms with E-state index in [0.29, 0.717) is 21.9 Å². The van der Waals surface area contributed by atoms with Crippen LogP contribution in [0.2, 0.25) is 10.0 Å². The minimum absolute atomic E-state index is 0.255. The lowest BCUT2D eigenvalue weighted by molar-refractivity contribution is 0.169. The number of halogens is 2. The number of aliphatic hydroxyl groups excluding tert-OH is 1. The van der Waals surface area contributed by atoms with Gasteiger partial charge in [0, 0.05) is 0 Å². The van der Waals surface area contributed by atoms with Crippen molar-refractivity contribution in [2.75, 3.05) is 0 Å². The Morgan fingerprint density at radius 3 is 2.71 bits per heavy atom. The summed E-state index contributed by atoms with van der Waals surface area (Å²) in [6.07, 6.45) is 0.757. The zero-order valence-electron chi connectivity index (χ0n) is 7.87. The molecule has 76 valence electrons. The average Bonchev–Trinajstić information content (AvgIpc) is 2.89. The van der Waals surface area contributed by atoms with Crippen molar-refractivity contribution in [3.63, 3.8) is 0 Å². The van der Waals surface area contributed by atoms with Gasteiger partial charge in [0.2, 0.25) is 0 Å². The van der Waals surface area contributed by atoms with E-state index in [2.05, 4.69) is 0 Å². The molecule has 0 spiro atoms. The summed E-state index contributed by atoms with van der Waals surface area (Å²) in [4.78, 5) is 0. The molecule has 1 aromatic rings. The Balaban J connectivity index is 2.23. The largest absolute Gasteiger partial charge is 0.393 e. The van der Waals surface area contributed by atoms with Crippen molar-refractivity contribution in [3.05, 3.63) is 33.8 Å². The molecule has 1 aliphatic carbocycles. The van der Waals surface area contributed by atoms with Crippen molar-refractivity contribution >= 4 is 23.2 Å². The van der Waals surface area contributed by atoms with Gasteiger partial charge >= 0.3 is 0 Å². The van der Waals surface area contributed by atoms with Gasteiger partial charge in [-0.25, -0.2) is 0 Å². The maximum atomic E-state index is 9.41. The number of benzene rings is 1. The summed E-state index contributed by atoms with van der Waals surface area (Å²) in [7, 11) is 0. The molecule has 14 heavy (non-hydrogen) atoms. The van der Waals surface area contributed by atoms with E-state index in [1.807, 2.05) is 19.1 Å². The molecule has 0 saturated heterocycles. The van der Waals surface area contributed by atoms with Gasteiger partial charge in [0.25, 0.3) is 0 Å². The molecule has 1 aromatic carbocycles. The van der Waals surface area contributed by atoms with Crippen LogP contribution < -0.4 is 0 Å². The van der Waals surface area contributed by atoms with E-state index in [4.69, 9.17) is 23.2 Å². The van der Waals surface area contributed by atoms with Crippen molar-refractivity contribution in [3.8, 4) is 0 Å². The summed E-state index contributed by atoms with van der Waals surface area (Å²) >= 11 is 12.0. The van der Waals surface area contributed by atoms with Crippen LogP contribution in [0.4, 0.5) is 0 Å². The lowest BCUT2D eigenvalue weighted by atomic mass is 10.1. The highest BCUT2D eigenvalue weighted by Crippen LogP contribution is 2.52. The summed E-state index contributed by atoms with van der Waals surface area (Å²) in [5, 5.41) is 10.6. The highest BCUT2D eigenvalue weighted by Gasteiger charge is 2.42. The first kappa shape index (κ1) is 10.3. The van der Waals surface area contributed by atoms with E-state index < -0.39 is 0 Å². The standard InChI is InChI=1S/C11H12Cl2O/c1-6(14)8-5-9(8)7-3-2-4-10(12)11(7)13/h2-4,6,8-9,14H,5H2,1H3. The molecule has 0 radical (unpaired) electrons. The van der Waals surface area contributed by atoms with Crippen LogP contribution in [0.1, 0.15) is 24.8 Å². The van der Waals surface area contributed by atoms with E-state index in [1.54, 1.807) is 6.07 Å². The Morgan fingerprint density at radius 2 is 2.14 bits per heavy atom. The molecule has 1 nitrogen and oxygen atoms in total. The van der Waals surface area contributed by atoms with Gasteiger partial charge in [-0.05, 0) is 36.8 Å². The third kappa shape index (κ3) is 1.77. The lowest BCUT2D eigenvalue weighted by Crippen LogP contribution is -2.03. The van der Waals surface area contributed by atoms with Crippen molar-refractivity contribution in [1.29, 1.82) is 0 Å². The van der Waals surface area contributed by atoms with E-state index in [-0.39, 0.29) is 6.10 Å². The van der Waals surface area contributed by atoms with Gasteiger partial charge in [-0.2, -0.15) is 0 Å². The highest BCUT2D eigenvalue weighted by atomic mass is 35.5. The Hall–Kier alpha value is -0.240. The molecule has 2 rings (SSSR count). The Labute approximate surface area is 93.7 Å². The fourth-order valence-corrected chi connectivity index (χ4v) is 2.36. The van der Waals surface area contributed by atoms with Gasteiger partial charge in [-0.1, -0.05) is 35.3 Å². The molecule has 1 fully saturated rings. The van der Waals surface area contributed by atoms with Gasteiger partial charge < -0.3 is 5.11 Å². The summed E-state index contributed by atoms with van der Waals surface area (Å²) < 4.78 is 0. The molecule has 0 aromatic heterocycles. The summed E-state index contributed by atoms with van der Waals surface area (Å²) in [6.45, 7) is 1.82. The third-order valence-electron chi connectivity index (χ3n) is 2.84. The number of hydrogen-bond donors (Lipinski definition) is 1. The fourth-order valence-electron chi connectivity index (χ4n) is 1.91. The molecule has 1 aliphatic rings. The van der Waals surface area contributed by atoms with Crippen LogP contribution in [0, 0.1) is 5.92 Å². The van der Waals surface area contributed by atoms with Crippen LogP contribution >= 0.6 is 23.2 Å². The number of hydrogen-bond acceptors (Lipinski definition) is 1. The summed E-state index contributed by atoms with van der Waals surface area (Å²) in [6, 6.07) is 5.68. The van der Waals surface area contributed by atoms with Gasteiger partial charge in [0.05, 0.1) is 16.1 Å². The molecular formula is C11H12Cl2O. The predicted molar refractivity (Wildman–Crippen MR) is 59.0 cm³/mol. The topological polar surface area (TPSA) is 20.2 Å². The van der Waals surface area contributed by atoms with E-state index in [9.17, 15) is 5.11 Å². The van der Waals surface area contributed by atoms with Crippen molar-refractivity contribution in [2.45, 2.75) is 25.4 Å². The van der Waals surface area contributed by atoms with Crippen LogP contribution in [0.5, 0.6) is 0 Å². The normalized spacial score (nSPS) is 27.4.